The van der Waals surface area contributed by atoms with Crippen LogP contribution in [0.15, 0.2) is 59.8 Å². The Bertz CT molecular complexity index is 1030. The van der Waals surface area contributed by atoms with Crippen LogP contribution in [-0.2, 0) is 4.79 Å². The van der Waals surface area contributed by atoms with Gasteiger partial charge in [0.2, 0.25) is 0 Å². The van der Waals surface area contributed by atoms with Crippen molar-refractivity contribution in [1.29, 1.82) is 0 Å². The van der Waals surface area contributed by atoms with E-state index in [9.17, 15) is 27.9 Å². The Kier molecular flexibility index (Phi) is 4.56. The molecule has 0 saturated carbocycles. The molecular formula is C20H16F3N3O4. The molecule has 7 nitrogen and oxygen atoms in total. The molecule has 0 unspecified atom stereocenters. The normalized spacial score (nSPS) is 19.1. The van der Waals surface area contributed by atoms with E-state index in [1.807, 2.05) is 0 Å². The fraction of sp³-hybridized carbons (Fsp3) is 0.200. The summed E-state index contributed by atoms with van der Waals surface area (Å²) in [5, 5.41) is 12.3. The fourth-order valence-electron chi connectivity index (χ4n) is 3.52. The lowest BCUT2D eigenvalue weighted by molar-refractivity contribution is -0.274. The van der Waals surface area contributed by atoms with Gasteiger partial charge >= 0.3 is 12.4 Å². The van der Waals surface area contributed by atoms with Gasteiger partial charge in [-0.1, -0.05) is 12.1 Å². The second-order valence-electron chi connectivity index (χ2n) is 6.83. The number of likely N-dealkylation sites (N-methyl/N-ethyl adjacent to an activating group) is 1. The monoisotopic (exact) mass is 419 g/mol. The van der Waals surface area contributed by atoms with Crippen LogP contribution in [0.2, 0.25) is 0 Å². The molecule has 0 saturated heterocycles. The highest BCUT2D eigenvalue weighted by atomic mass is 19.4. The number of amides is 3. The van der Waals surface area contributed by atoms with Gasteiger partial charge in [0.25, 0.3) is 5.91 Å². The van der Waals surface area contributed by atoms with Crippen molar-refractivity contribution in [2.24, 2.45) is 0 Å². The van der Waals surface area contributed by atoms with Gasteiger partial charge in [-0.15, -0.1) is 13.2 Å². The first kappa shape index (κ1) is 19.6. The molecule has 0 aliphatic carbocycles. The lowest BCUT2D eigenvalue weighted by atomic mass is 9.95. The van der Waals surface area contributed by atoms with E-state index in [0.717, 1.165) is 12.1 Å². The largest absolute Gasteiger partial charge is 0.573 e. The highest BCUT2D eigenvalue weighted by Crippen LogP contribution is 2.38. The molecule has 156 valence electrons. The third-order valence-corrected chi connectivity index (χ3v) is 4.97. The second-order valence-corrected chi connectivity index (χ2v) is 6.83. The fourth-order valence-corrected chi connectivity index (χ4v) is 3.52. The molecule has 2 aliphatic rings. The molecule has 3 amide bonds. The number of phenols is 1. The number of hydrogen-bond donors (Lipinski definition) is 2. The summed E-state index contributed by atoms with van der Waals surface area (Å²) < 4.78 is 40.9. The third kappa shape index (κ3) is 3.51. The van der Waals surface area contributed by atoms with Crippen LogP contribution in [0.5, 0.6) is 11.5 Å². The smallest absolute Gasteiger partial charge is 0.508 e. The molecule has 0 aromatic heterocycles. The number of halogens is 3. The molecule has 2 heterocycles. The number of hydrogen-bond acceptors (Lipinski definition) is 4. The van der Waals surface area contributed by atoms with E-state index in [-0.39, 0.29) is 18.2 Å². The first-order chi connectivity index (χ1) is 14.1. The third-order valence-electron chi connectivity index (χ3n) is 4.97. The Morgan fingerprint density at radius 2 is 1.70 bits per heavy atom. The molecule has 10 heteroatoms. The zero-order valence-electron chi connectivity index (χ0n) is 15.6. The molecule has 2 aromatic rings. The minimum atomic E-state index is -4.81. The van der Waals surface area contributed by atoms with E-state index in [0.29, 0.717) is 22.5 Å². The predicted molar refractivity (Wildman–Crippen MR) is 99.6 cm³/mol. The Morgan fingerprint density at radius 3 is 2.30 bits per heavy atom. The van der Waals surface area contributed by atoms with Crippen molar-refractivity contribution in [2.75, 3.05) is 18.5 Å². The van der Waals surface area contributed by atoms with Gasteiger partial charge in [-0.05, 0) is 42.0 Å². The number of carbonyl (C=O) groups excluding carboxylic acids is 2. The van der Waals surface area contributed by atoms with Crippen molar-refractivity contribution < 1.29 is 32.6 Å². The van der Waals surface area contributed by atoms with Gasteiger partial charge in [0, 0.05) is 12.7 Å². The zero-order chi connectivity index (χ0) is 21.6. The van der Waals surface area contributed by atoms with E-state index < -0.39 is 24.2 Å². The van der Waals surface area contributed by atoms with E-state index in [1.54, 1.807) is 12.1 Å². The van der Waals surface area contributed by atoms with Gasteiger partial charge in [-0.2, -0.15) is 0 Å². The summed E-state index contributed by atoms with van der Waals surface area (Å²) in [7, 11) is 1.54. The second kappa shape index (κ2) is 6.97. The van der Waals surface area contributed by atoms with Crippen LogP contribution in [0.25, 0.3) is 0 Å². The SMILES string of the molecule is CN1C(=O)N[C@@H](c2ccc(O)cc2)C2=C1CN(c1ccc(OC(F)(F)F)cc1)C2=O. The van der Waals surface area contributed by atoms with Gasteiger partial charge < -0.3 is 20.1 Å². The Hall–Kier alpha value is -3.69. The number of nitrogens with zero attached hydrogens (tertiary/aromatic N) is 2. The molecule has 2 aromatic carbocycles. The standard InChI is InChI=1S/C20H16F3N3O4/c1-25-15-10-26(12-4-8-14(9-5-12)30-20(21,22)23)18(28)16(15)17(24-19(25)29)11-2-6-13(27)7-3-11/h2-9,17,27H,10H2,1H3,(H,24,29)/t17-/m0/s1. The van der Waals surface area contributed by atoms with Gasteiger partial charge in [0.05, 0.1) is 23.9 Å². The van der Waals surface area contributed by atoms with Crippen molar-refractivity contribution in [3.63, 3.8) is 0 Å². The molecule has 0 radical (unpaired) electrons. The van der Waals surface area contributed by atoms with E-state index in [4.69, 9.17) is 0 Å². The predicted octanol–water partition coefficient (Wildman–Crippen LogP) is 3.29. The summed E-state index contributed by atoms with van der Waals surface area (Å²) in [5.74, 6) is -0.723. The number of ether oxygens (including phenoxy) is 1. The lowest BCUT2D eigenvalue weighted by Crippen LogP contribution is -2.45. The minimum absolute atomic E-state index is 0.0488. The van der Waals surface area contributed by atoms with Gasteiger partial charge in [0.1, 0.15) is 11.5 Å². The van der Waals surface area contributed by atoms with Crippen molar-refractivity contribution >= 4 is 17.6 Å². The number of aromatic hydroxyl groups is 1. The molecule has 0 bridgehead atoms. The van der Waals surface area contributed by atoms with Crippen LogP contribution in [0, 0.1) is 0 Å². The quantitative estimate of drug-likeness (QED) is 0.800. The zero-order valence-corrected chi connectivity index (χ0v) is 15.6. The molecule has 30 heavy (non-hydrogen) atoms. The van der Waals surface area contributed by atoms with Crippen LogP contribution in [0.4, 0.5) is 23.7 Å². The van der Waals surface area contributed by atoms with Crippen molar-refractivity contribution in [3.05, 3.63) is 65.4 Å². The average molecular weight is 419 g/mol. The molecule has 2 aliphatic heterocycles. The molecule has 0 fully saturated rings. The summed E-state index contributed by atoms with van der Waals surface area (Å²) in [6, 6.07) is 9.96. The lowest BCUT2D eigenvalue weighted by Gasteiger charge is -2.31. The first-order valence-corrected chi connectivity index (χ1v) is 8.88. The molecular weight excluding hydrogens is 403 g/mol. The van der Waals surface area contributed by atoms with Crippen molar-refractivity contribution in [3.8, 4) is 11.5 Å². The van der Waals surface area contributed by atoms with Gasteiger partial charge in [0.15, 0.2) is 0 Å². The average Bonchev–Trinajstić information content (AvgIpc) is 3.02. The summed E-state index contributed by atoms with van der Waals surface area (Å²) in [4.78, 5) is 28.3. The van der Waals surface area contributed by atoms with Crippen LogP contribution in [-0.4, -0.2) is 41.9 Å². The Balaban J connectivity index is 1.64. The number of alkyl halides is 3. The number of nitrogens with one attached hydrogen (secondary N) is 1. The van der Waals surface area contributed by atoms with Crippen LogP contribution < -0.4 is 15.0 Å². The molecule has 0 spiro atoms. The summed E-state index contributed by atoms with van der Waals surface area (Å²) >= 11 is 0. The highest BCUT2D eigenvalue weighted by Gasteiger charge is 2.43. The van der Waals surface area contributed by atoms with E-state index in [1.165, 1.54) is 41.1 Å². The van der Waals surface area contributed by atoms with Gasteiger partial charge in [-0.25, -0.2) is 4.79 Å². The Morgan fingerprint density at radius 1 is 1.07 bits per heavy atom. The highest BCUT2D eigenvalue weighted by molar-refractivity contribution is 6.11. The van der Waals surface area contributed by atoms with Gasteiger partial charge in [-0.3, -0.25) is 9.69 Å². The Labute approximate surface area is 169 Å². The van der Waals surface area contributed by atoms with Crippen LogP contribution in [0.3, 0.4) is 0 Å². The first-order valence-electron chi connectivity index (χ1n) is 8.88. The van der Waals surface area contributed by atoms with Crippen molar-refractivity contribution in [2.45, 2.75) is 12.4 Å². The number of rotatable bonds is 3. The molecule has 2 N–H and O–H groups in total. The number of anilines is 1. The van der Waals surface area contributed by atoms with Crippen LogP contribution >= 0.6 is 0 Å². The van der Waals surface area contributed by atoms with Crippen molar-refractivity contribution in [1.82, 2.24) is 10.2 Å². The maximum Gasteiger partial charge on any atom is 0.573 e. The molecule has 4 rings (SSSR count). The summed E-state index contributed by atoms with van der Waals surface area (Å²) in [6.07, 6.45) is -4.81. The number of urea groups is 1. The van der Waals surface area contributed by atoms with E-state index in [2.05, 4.69) is 10.1 Å². The maximum absolute atomic E-state index is 13.2. The number of phenolic OH excluding ortho intramolecular Hbond substituents is 1. The summed E-state index contributed by atoms with van der Waals surface area (Å²) in [6.45, 7) is 0.0894. The minimum Gasteiger partial charge on any atom is -0.508 e. The van der Waals surface area contributed by atoms with E-state index >= 15 is 0 Å². The number of carbonyl (C=O) groups is 2. The number of benzene rings is 2. The summed E-state index contributed by atoms with van der Waals surface area (Å²) in [5.41, 5.74) is 1.84. The van der Waals surface area contributed by atoms with Crippen LogP contribution in [0.1, 0.15) is 11.6 Å². The molecule has 1 atom stereocenters. The topological polar surface area (TPSA) is 82.1 Å². The maximum atomic E-state index is 13.2.